The third-order valence-electron chi connectivity index (χ3n) is 5.05. The smallest absolute Gasteiger partial charge is 0.410 e. The van der Waals surface area contributed by atoms with Crippen LogP contribution in [-0.4, -0.2) is 39.7 Å². The van der Waals surface area contributed by atoms with E-state index in [2.05, 4.69) is 10.3 Å². The molecule has 3 heterocycles. The van der Waals surface area contributed by atoms with Crippen LogP contribution in [0, 0.1) is 5.82 Å². The summed E-state index contributed by atoms with van der Waals surface area (Å²) in [7, 11) is 0. The van der Waals surface area contributed by atoms with E-state index in [-0.39, 0.29) is 30.0 Å². The highest BCUT2D eigenvalue weighted by molar-refractivity contribution is 5.69. The minimum atomic E-state index is -0.468. The molecule has 2 fully saturated rings. The van der Waals surface area contributed by atoms with Gasteiger partial charge < -0.3 is 15.0 Å². The second kappa shape index (κ2) is 6.90. The zero-order valence-corrected chi connectivity index (χ0v) is 15.5. The monoisotopic (exact) mass is 349 g/mol. The molecule has 1 N–H and O–H groups in total. The Hall–Kier alpha value is -1.69. The first-order valence-corrected chi connectivity index (χ1v) is 9.11. The van der Waals surface area contributed by atoms with Crippen molar-refractivity contribution in [1.82, 2.24) is 15.2 Å². The lowest BCUT2D eigenvalue weighted by Crippen LogP contribution is -2.52. The van der Waals surface area contributed by atoms with Gasteiger partial charge in [-0.1, -0.05) is 0 Å². The van der Waals surface area contributed by atoms with Gasteiger partial charge in [0, 0.05) is 30.4 Å². The number of ether oxygens (including phenoxy) is 1. The number of halogens is 1. The van der Waals surface area contributed by atoms with Crippen LogP contribution in [0.25, 0.3) is 0 Å². The fraction of sp³-hybridized carbons (Fsp3) is 0.684. The van der Waals surface area contributed by atoms with E-state index in [9.17, 15) is 9.18 Å². The molecule has 2 bridgehead atoms. The lowest BCUT2D eigenvalue weighted by Gasteiger charge is -2.40. The average molecular weight is 349 g/mol. The van der Waals surface area contributed by atoms with Crippen molar-refractivity contribution in [2.75, 3.05) is 0 Å². The summed E-state index contributed by atoms with van der Waals surface area (Å²) in [4.78, 5) is 18.4. The van der Waals surface area contributed by atoms with E-state index >= 15 is 0 Å². The molecule has 6 heteroatoms. The maximum atomic E-state index is 13.4. The molecule has 2 aliphatic heterocycles. The number of nitrogens with zero attached hydrogens (tertiary/aromatic N) is 2. The molecular weight excluding hydrogens is 321 g/mol. The van der Waals surface area contributed by atoms with E-state index in [1.54, 1.807) is 6.20 Å². The largest absolute Gasteiger partial charge is 0.444 e. The molecule has 0 radical (unpaired) electrons. The van der Waals surface area contributed by atoms with E-state index in [0.29, 0.717) is 6.04 Å². The summed E-state index contributed by atoms with van der Waals surface area (Å²) in [5.74, 6) is -0.314. The molecular formula is C19H28FN3O2. The summed E-state index contributed by atoms with van der Waals surface area (Å²) in [5.41, 5.74) is 0.381. The Bertz CT molecular complexity index is 617. The maximum Gasteiger partial charge on any atom is 0.410 e. The normalized spacial score (nSPS) is 27.2. The number of fused-ring (bicyclic) bond motifs is 2. The van der Waals surface area contributed by atoms with Gasteiger partial charge in [0.25, 0.3) is 0 Å². The SMILES string of the molecule is CC(NC1CC2CCC(C1)N2C(=O)OC(C)(C)C)c1cncc(F)c1. The Kier molecular flexibility index (Phi) is 5.00. The van der Waals surface area contributed by atoms with E-state index in [1.165, 1.54) is 12.3 Å². The molecule has 1 aromatic rings. The molecule has 5 nitrogen and oxygen atoms in total. The summed E-state index contributed by atoms with van der Waals surface area (Å²) in [5, 5.41) is 3.59. The summed E-state index contributed by atoms with van der Waals surface area (Å²) >= 11 is 0. The van der Waals surface area contributed by atoms with Crippen LogP contribution in [0.2, 0.25) is 0 Å². The Morgan fingerprint density at radius 2 is 1.96 bits per heavy atom. The summed E-state index contributed by atoms with van der Waals surface area (Å²) in [6.45, 7) is 7.72. The summed E-state index contributed by atoms with van der Waals surface area (Å²) < 4.78 is 18.9. The third kappa shape index (κ3) is 4.29. The highest BCUT2D eigenvalue weighted by atomic mass is 19.1. The maximum absolute atomic E-state index is 13.4. The van der Waals surface area contributed by atoms with Gasteiger partial charge in [-0.05, 0) is 65.0 Å². The summed E-state index contributed by atoms with van der Waals surface area (Å²) in [6.07, 6.45) is 6.59. The van der Waals surface area contributed by atoms with Crippen LogP contribution in [-0.2, 0) is 4.74 Å². The summed E-state index contributed by atoms with van der Waals surface area (Å²) in [6, 6.07) is 2.32. The van der Waals surface area contributed by atoms with Gasteiger partial charge in [-0.15, -0.1) is 0 Å². The topological polar surface area (TPSA) is 54.5 Å². The number of piperidine rings is 1. The van der Waals surface area contributed by atoms with Crippen molar-refractivity contribution >= 4 is 6.09 Å². The fourth-order valence-corrected chi connectivity index (χ4v) is 4.04. The van der Waals surface area contributed by atoms with E-state index in [0.717, 1.165) is 31.2 Å². The van der Waals surface area contributed by atoms with Crippen LogP contribution in [0.1, 0.15) is 65.0 Å². The predicted octanol–water partition coefficient (Wildman–Crippen LogP) is 3.80. The molecule has 0 spiro atoms. The van der Waals surface area contributed by atoms with Crippen LogP contribution in [0.4, 0.5) is 9.18 Å². The van der Waals surface area contributed by atoms with E-state index in [1.807, 2.05) is 32.6 Å². The standard InChI is InChI=1S/C19H28FN3O2/c1-12(13-7-14(20)11-21-10-13)22-15-8-16-5-6-17(9-15)23(16)18(24)25-19(2,3)4/h7,10-12,15-17,22H,5-6,8-9H2,1-4H3. The van der Waals surface area contributed by atoms with Gasteiger partial charge in [-0.25, -0.2) is 9.18 Å². The molecule has 2 aliphatic rings. The molecule has 3 unspecified atom stereocenters. The van der Waals surface area contributed by atoms with Gasteiger partial charge in [0.15, 0.2) is 0 Å². The molecule has 2 saturated heterocycles. The number of hydrogen-bond acceptors (Lipinski definition) is 4. The minimum absolute atomic E-state index is 0.0284. The van der Waals surface area contributed by atoms with Gasteiger partial charge in [0.2, 0.25) is 0 Å². The van der Waals surface area contributed by atoms with Crippen LogP contribution in [0.5, 0.6) is 0 Å². The Morgan fingerprint density at radius 1 is 1.32 bits per heavy atom. The zero-order chi connectivity index (χ0) is 18.2. The van der Waals surface area contributed by atoms with Crippen molar-refractivity contribution in [2.24, 2.45) is 0 Å². The van der Waals surface area contributed by atoms with Gasteiger partial charge in [-0.2, -0.15) is 0 Å². The van der Waals surface area contributed by atoms with Crippen LogP contribution in [0.3, 0.4) is 0 Å². The fourth-order valence-electron chi connectivity index (χ4n) is 4.04. The van der Waals surface area contributed by atoms with Gasteiger partial charge >= 0.3 is 6.09 Å². The predicted molar refractivity (Wildman–Crippen MR) is 93.7 cm³/mol. The number of aromatic nitrogens is 1. The number of hydrogen-bond donors (Lipinski definition) is 1. The molecule has 0 saturated carbocycles. The lowest BCUT2D eigenvalue weighted by molar-refractivity contribution is 0.00434. The molecule has 0 aliphatic carbocycles. The van der Waals surface area contributed by atoms with E-state index < -0.39 is 5.60 Å². The van der Waals surface area contributed by atoms with Crippen LogP contribution >= 0.6 is 0 Å². The number of nitrogens with one attached hydrogen (secondary N) is 1. The first-order chi connectivity index (χ1) is 11.7. The first-order valence-electron chi connectivity index (χ1n) is 9.11. The Morgan fingerprint density at radius 3 is 2.52 bits per heavy atom. The Labute approximate surface area is 148 Å². The molecule has 25 heavy (non-hydrogen) atoms. The van der Waals surface area contributed by atoms with Crippen molar-refractivity contribution in [1.29, 1.82) is 0 Å². The number of amides is 1. The lowest BCUT2D eigenvalue weighted by atomic mass is 9.96. The number of carbonyl (C=O) groups is 1. The van der Waals surface area contributed by atoms with Crippen LogP contribution < -0.4 is 5.32 Å². The molecule has 1 amide bonds. The van der Waals surface area contributed by atoms with Gasteiger partial charge in [0.05, 0.1) is 6.20 Å². The average Bonchev–Trinajstić information content (AvgIpc) is 2.77. The van der Waals surface area contributed by atoms with Crippen molar-refractivity contribution in [3.63, 3.8) is 0 Å². The highest BCUT2D eigenvalue weighted by Gasteiger charge is 2.44. The molecule has 1 aromatic heterocycles. The second-order valence-electron chi connectivity index (χ2n) is 8.27. The number of rotatable bonds is 3. The molecule has 3 atom stereocenters. The van der Waals surface area contributed by atoms with Crippen molar-refractivity contribution in [2.45, 2.75) is 83.1 Å². The second-order valence-corrected chi connectivity index (χ2v) is 8.27. The highest BCUT2D eigenvalue weighted by Crippen LogP contribution is 2.37. The molecule has 138 valence electrons. The van der Waals surface area contributed by atoms with Gasteiger partial charge in [-0.3, -0.25) is 4.98 Å². The van der Waals surface area contributed by atoms with Gasteiger partial charge in [0.1, 0.15) is 11.4 Å². The molecule has 0 aromatic carbocycles. The van der Waals surface area contributed by atoms with Crippen LogP contribution in [0.15, 0.2) is 18.5 Å². The number of carbonyl (C=O) groups excluding carboxylic acids is 1. The minimum Gasteiger partial charge on any atom is -0.444 e. The van der Waals surface area contributed by atoms with Crippen molar-refractivity contribution < 1.29 is 13.9 Å². The van der Waals surface area contributed by atoms with Crippen molar-refractivity contribution in [3.05, 3.63) is 29.8 Å². The first kappa shape index (κ1) is 18.1. The quantitative estimate of drug-likeness (QED) is 0.902. The van der Waals surface area contributed by atoms with Crippen molar-refractivity contribution in [3.8, 4) is 0 Å². The zero-order valence-electron chi connectivity index (χ0n) is 15.5. The Balaban J connectivity index is 1.61. The van der Waals surface area contributed by atoms with E-state index in [4.69, 9.17) is 4.74 Å². The number of pyridine rings is 1. The molecule has 3 rings (SSSR count). The third-order valence-corrected chi connectivity index (χ3v) is 5.05.